The third kappa shape index (κ3) is 3.42. The first-order chi connectivity index (χ1) is 7.07. The minimum absolute atomic E-state index is 0. The lowest BCUT2D eigenvalue weighted by Gasteiger charge is -2.12. The third-order valence-corrected chi connectivity index (χ3v) is 2.82. The van der Waals surface area contributed by atoms with Gasteiger partial charge >= 0.3 is 0 Å². The fourth-order valence-electron chi connectivity index (χ4n) is 1.12. The van der Waals surface area contributed by atoms with Gasteiger partial charge in [-0.2, -0.15) is 0 Å². The number of ether oxygens (including phenoxy) is 2. The van der Waals surface area contributed by atoms with E-state index in [0.29, 0.717) is 6.61 Å². The van der Waals surface area contributed by atoms with Gasteiger partial charge in [-0.25, -0.2) is 8.42 Å². The molecule has 0 amide bonds. The molecule has 0 N–H and O–H groups in total. The summed E-state index contributed by atoms with van der Waals surface area (Å²) in [6.45, 7) is 0.888. The molecule has 1 saturated heterocycles. The Bertz CT molecular complexity index is 455. The lowest BCUT2D eigenvalue weighted by atomic mass is 10.3. The minimum atomic E-state index is -4.48. The van der Waals surface area contributed by atoms with Crippen molar-refractivity contribution in [2.24, 2.45) is 0 Å². The van der Waals surface area contributed by atoms with Gasteiger partial charge in [0.05, 0.1) is 11.5 Å². The van der Waals surface area contributed by atoms with Gasteiger partial charge in [-0.05, 0) is 22.0 Å². The van der Waals surface area contributed by atoms with Gasteiger partial charge in [0.1, 0.15) is 28.6 Å². The van der Waals surface area contributed by atoms with E-state index in [1.54, 1.807) is 6.07 Å². The molecule has 1 aliphatic heterocycles. The molecule has 0 spiro atoms. The van der Waals surface area contributed by atoms with E-state index in [2.05, 4.69) is 0 Å². The molecule has 2 unspecified atom stereocenters. The van der Waals surface area contributed by atoms with E-state index in [-0.39, 0.29) is 33.3 Å². The average Bonchev–Trinajstić information content (AvgIpc) is 2.97. The average molecular weight is 264 g/mol. The number of epoxide rings is 1. The molecule has 1 aromatic carbocycles. The number of rotatable bonds is 4. The highest BCUT2D eigenvalue weighted by Gasteiger charge is 2.23. The quantitative estimate of drug-likeness (QED) is 0.439. The maximum atomic E-state index is 10.8. The molecule has 0 bridgehead atoms. The molecule has 1 aliphatic rings. The molecule has 1 fully saturated rings. The zero-order valence-electron chi connectivity index (χ0n) is 8.75. The largest absolute Gasteiger partial charge is 0.744 e. The first-order valence-corrected chi connectivity index (χ1v) is 5.77. The van der Waals surface area contributed by atoms with E-state index in [4.69, 9.17) is 9.47 Å². The van der Waals surface area contributed by atoms with Crippen molar-refractivity contribution in [2.45, 2.75) is 11.0 Å². The predicted octanol–water partition coefficient (Wildman–Crippen LogP) is 0.159. The summed E-state index contributed by atoms with van der Waals surface area (Å²) in [5.41, 5.74) is 0. The van der Waals surface area contributed by atoms with Gasteiger partial charge in [-0.3, -0.25) is 0 Å². The molecule has 16 heavy (non-hydrogen) atoms. The Morgan fingerprint density at radius 2 is 2.06 bits per heavy atom. The van der Waals surface area contributed by atoms with Crippen molar-refractivity contribution >= 4 is 20.0 Å². The number of hydrogen-bond acceptors (Lipinski definition) is 5. The highest BCUT2D eigenvalue weighted by atomic mass is 32.2. The zero-order valence-corrected chi connectivity index (χ0v) is 11.6. The standard InChI is InChI=1S/C9H10O5S.H3P/c10-15(11,12)9-4-2-1-3-8(9)14-6-7-5-13-7;/h1-4,7H,5-6H2,(H,10,11,12);1H3. The van der Waals surface area contributed by atoms with Crippen molar-refractivity contribution in [1.29, 1.82) is 0 Å². The molecule has 1 aromatic rings. The van der Waals surface area contributed by atoms with Gasteiger partial charge in [0.2, 0.25) is 0 Å². The topological polar surface area (TPSA) is 79.0 Å². The smallest absolute Gasteiger partial charge is 0.136 e. The summed E-state index contributed by atoms with van der Waals surface area (Å²) in [4.78, 5) is -0.328. The van der Waals surface area contributed by atoms with Crippen molar-refractivity contribution in [3.8, 4) is 5.75 Å². The Morgan fingerprint density at radius 1 is 1.44 bits per heavy atom. The third-order valence-electron chi connectivity index (χ3n) is 1.95. The maximum absolute atomic E-state index is 10.8. The van der Waals surface area contributed by atoms with Crippen LogP contribution in [0.1, 0.15) is 0 Å². The Labute approximate surface area is 97.1 Å². The maximum Gasteiger partial charge on any atom is 0.136 e. The van der Waals surface area contributed by atoms with Gasteiger partial charge in [-0.1, -0.05) is 12.1 Å². The summed E-state index contributed by atoms with van der Waals surface area (Å²) in [6, 6.07) is 5.77. The van der Waals surface area contributed by atoms with E-state index >= 15 is 0 Å². The lowest BCUT2D eigenvalue weighted by molar-refractivity contribution is 0.257. The molecule has 0 aliphatic carbocycles. The SMILES string of the molecule is O=S(=O)([O-])c1ccccc1OCC1CO1.[PH4+]. The van der Waals surface area contributed by atoms with Crippen molar-refractivity contribution in [3.63, 3.8) is 0 Å². The van der Waals surface area contributed by atoms with Crippen LogP contribution in [0.25, 0.3) is 0 Å². The van der Waals surface area contributed by atoms with Crippen LogP contribution in [-0.2, 0) is 14.9 Å². The van der Waals surface area contributed by atoms with E-state index in [1.165, 1.54) is 18.2 Å². The molecule has 1 heterocycles. The first kappa shape index (κ1) is 13.4. The predicted molar refractivity (Wildman–Crippen MR) is 62.1 cm³/mol. The van der Waals surface area contributed by atoms with Gasteiger partial charge in [0.15, 0.2) is 0 Å². The number of para-hydroxylation sites is 1. The number of benzene rings is 1. The summed E-state index contributed by atoms with van der Waals surface area (Å²) < 4.78 is 42.6. The van der Waals surface area contributed by atoms with Crippen LogP contribution in [-0.4, -0.2) is 32.3 Å². The monoisotopic (exact) mass is 264 g/mol. The Balaban J connectivity index is 0.00000128. The Morgan fingerprint density at radius 3 is 2.62 bits per heavy atom. The second-order valence-electron chi connectivity index (χ2n) is 3.17. The summed E-state index contributed by atoms with van der Waals surface area (Å²) in [5, 5.41) is 0. The summed E-state index contributed by atoms with van der Waals surface area (Å²) in [6.07, 6.45) is 0.0208. The normalized spacial score (nSPS) is 18.7. The van der Waals surface area contributed by atoms with E-state index < -0.39 is 10.1 Å². The van der Waals surface area contributed by atoms with Crippen LogP contribution in [0.3, 0.4) is 0 Å². The minimum Gasteiger partial charge on any atom is -0.744 e. The molecule has 0 radical (unpaired) electrons. The van der Waals surface area contributed by atoms with Crippen LogP contribution in [0.2, 0.25) is 0 Å². The molecule has 0 aromatic heterocycles. The fourth-order valence-corrected chi connectivity index (χ4v) is 1.74. The van der Waals surface area contributed by atoms with Crippen LogP contribution in [0.15, 0.2) is 29.2 Å². The summed E-state index contributed by atoms with van der Waals surface area (Å²) >= 11 is 0. The van der Waals surface area contributed by atoms with Crippen molar-refractivity contribution < 1.29 is 22.4 Å². The molecule has 7 heteroatoms. The van der Waals surface area contributed by atoms with Crippen LogP contribution in [0.4, 0.5) is 0 Å². The van der Waals surface area contributed by atoms with Gasteiger partial charge in [-0.15, -0.1) is 0 Å². The lowest BCUT2D eigenvalue weighted by Crippen LogP contribution is -2.08. The molecular weight excluding hydrogens is 251 g/mol. The van der Waals surface area contributed by atoms with Crippen LogP contribution >= 0.6 is 9.90 Å². The number of hydrogen-bond donors (Lipinski definition) is 0. The fraction of sp³-hybridized carbons (Fsp3) is 0.333. The summed E-state index contributed by atoms with van der Waals surface area (Å²) in [5.74, 6) is 0.0861. The second-order valence-corrected chi connectivity index (χ2v) is 4.52. The van der Waals surface area contributed by atoms with Crippen molar-refractivity contribution in [3.05, 3.63) is 24.3 Å². The molecule has 5 nitrogen and oxygen atoms in total. The van der Waals surface area contributed by atoms with Crippen molar-refractivity contribution in [2.75, 3.05) is 13.2 Å². The van der Waals surface area contributed by atoms with E-state index in [9.17, 15) is 13.0 Å². The van der Waals surface area contributed by atoms with Gasteiger partial charge in [0.25, 0.3) is 0 Å². The van der Waals surface area contributed by atoms with E-state index in [0.717, 1.165) is 0 Å². The van der Waals surface area contributed by atoms with Crippen LogP contribution in [0.5, 0.6) is 5.75 Å². The zero-order chi connectivity index (χ0) is 10.9. The van der Waals surface area contributed by atoms with E-state index in [1.807, 2.05) is 0 Å². The van der Waals surface area contributed by atoms with Gasteiger partial charge < -0.3 is 14.0 Å². The second kappa shape index (κ2) is 5.10. The Kier molecular flexibility index (Phi) is 4.27. The summed E-state index contributed by atoms with van der Waals surface area (Å²) in [7, 11) is -4.48. The molecule has 0 saturated carbocycles. The highest BCUT2D eigenvalue weighted by molar-refractivity contribution is 7.85. The molecule has 2 atom stereocenters. The molecule has 90 valence electrons. The van der Waals surface area contributed by atoms with Crippen molar-refractivity contribution in [1.82, 2.24) is 0 Å². The highest BCUT2D eigenvalue weighted by Crippen LogP contribution is 2.24. The van der Waals surface area contributed by atoms with Gasteiger partial charge in [0, 0.05) is 0 Å². The first-order valence-electron chi connectivity index (χ1n) is 4.37. The molecule has 2 rings (SSSR count). The molecular formula is C9H13O5PS. The Hall–Kier alpha value is -0.680. The van der Waals surface area contributed by atoms with Crippen LogP contribution < -0.4 is 4.74 Å². The van der Waals surface area contributed by atoms with Crippen LogP contribution in [0, 0.1) is 0 Å².